The number of hydrogen-bond donors (Lipinski definition) is 4. The summed E-state index contributed by atoms with van der Waals surface area (Å²) in [6, 6.07) is 3.81. The lowest BCUT2D eigenvalue weighted by Crippen LogP contribution is -2.45. The van der Waals surface area contributed by atoms with Gasteiger partial charge in [-0.2, -0.15) is 5.10 Å². The fourth-order valence-electron chi connectivity index (χ4n) is 6.20. The predicted molar refractivity (Wildman–Crippen MR) is 176 cm³/mol. The second-order valence-electron chi connectivity index (χ2n) is 12.9. The molecule has 1 aliphatic heterocycles. The Kier molecular flexibility index (Phi) is 7.58. The van der Waals surface area contributed by atoms with E-state index in [2.05, 4.69) is 71.2 Å². The van der Waals surface area contributed by atoms with Gasteiger partial charge in [-0.25, -0.2) is 9.97 Å². The molecule has 2 aliphatic carbocycles. The van der Waals surface area contributed by atoms with Crippen LogP contribution in [0.5, 0.6) is 0 Å². The van der Waals surface area contributed by atoms with E-state index in [9.17, 15) is 0 Å². The molecule has 6 rings (SSSR count). The van der Waals surface area contributed by atoms with Gasteiger partial charge in [0, 0.05) is 42.3 Å². The van der Waals surface area contributed by atoms with Crippen molar-refractivity contribution in [3.63, 3.8) is 0 Å². The number of anilines is 1. The molecule has 3 aliphatic rings. The number of rotatable bonds is 9. The van der Waals surface area contributed by atoms with Crippen molar-refractivity contribution in [3.05, 3.63) is 88.6 Å². The van der Waals surface area contributed by atoms with Crippen molar-refractivity contribution < 1.29 is 0 Å². The Hall–Kier alpha value is -4.05. The number of nitrogens with one attached hydrogen (secondary N) is 2. The molecule has 3 aromatic rings. The van der Waals surface area contributed by atoms with Crippen LogP contribution in [0.2, 0.25) is 0 Å². The molecule has 0 saturated heterocycles. The first-order valence-corrected chi connectivity index (χ1v) is 15.9. The van der Waals surface area contributed by atoms with Gasteiger partial charge in [-0.05, 0) is 80.2 Å². The number of fused-ring (bicyclic) bond motifs is 2. The van der Waals surface area contributed by atoms with Gasteiger partial charge >= 0.3 is 0 Å². The average Bonchev–Trinajstić information content (AvgIpc) is 3.48. The summed E-state index contributed by atoms with van der Waals surface area (Å²) in [7, 11) is 1.99. The molecule has 0 bridgehead atoms. The molecule has 0 spiro atoms. The Morgan fingerprint density at radius 3 is 2.91 bits per heavy atom. The minimum absolute atomic E-state index is 0.106. The van der Waals surface area contributed by atoms with E-state index in [4.69, 9.17) is 16.6 Å². The van der Waals surface area contributed by atoms with E-state index in [1.807, 2.05) is 43.3 Å². The third-order valence-electron chi connectivity index (χ3n) is 9.01. The largest absolute Gasteiger partial charge is 0.385 e. The van der Waals surface area contributed by atoms with Gasteiger partial charge in [0.1, 0.15) is 28.2 Å². The maximum absolute atomic E-state index is 6.59. The molecule has 10 heteroatoms. The maximum Gasteiger partial charge on any atom is 0.190 e. The number of allylic oxidation sites excluding steroid dienone is 7. The van der Waals surface area contributed by atoms with E-state index in [0.29, 0.717) is 22.7 Å². The summed E-state index contributed by atoms with van der Waals surface area (Å²) in [5, 5.41) is 12.5. The predicted octanol–water partition coefficient (Wildman–Crippen LogP) is 5.83. The van der Waals surface area contributed by atoms with E-state index in [1.54, 1.807) is 11.8 Å². The summed E-state index contributed by atoms with van der Waals surface area (Å²) in [5.41, 5.74) is 21.3. The number of nitrogens with zero attached hydrogens (tertiary/aromatic N) is 5. The Labute approximate surface area is 258 Å². The summed E-state index contributed by atoms with van der Waals surface area (Å²) in [6.07, 6.45) is 16.2. The van der Waals surface area contributed by atoms with Crippen LogP contribution in [0.1, 0.15) is 58.2 Å². The Morgan fingerprint density at radius 2 is 2.16 bits per heavy atom. The van der Waals surface area contributed by atoms with Gasteiger partial charge in [0.2, 0.25) is 0 Å². The molecule has 3 unspecified atom stereocenters. The van der Waals surface area contributed by atoms with E-state index in [-0.39, 0.29) is 11.6 Å². The lowest BCUT2D eigenvalue weighted by Gasteiger charge is -2.35. The van der Waals surface area contributed by atoms with Crippen LogP contribution in [-0.2, 0) is 6.54 Å². The minimum Gasteiger partial charge on any atom is -0.385 e. The molecule has 1 fully saturated rings. The van der Waals surface area contributed by atoms with Crippen LogP contribution in [0, 0.1) is 24.2 Å². The quantitative estimate of drug-likeness (QED) is 0.180. The summed E-state index contributed by atoms with van der Waals surface area (Å²) >= 11 is 1.46. The zero-order chi connectivity index (χ0) is 30.5. The number of nitrogens with two attached hydrogens (primary N) is 2. The summed E-state index contributed by atoms with van der Waals surface area (Å²) < 4.78 is 2.21. The first-order chi connectivity index (χ1) is 20.5. The number of pyridine rings is 1. The first kappa shape index (κ1) is 29.0. The van der Waals surface area contributed by atoms with E-state index < -0.39 is 0 Å². The average molecular weight is 598 g/mol. The lowest BCUT2D eigenvalue weighted by molar-refractivity contribution is 0.222. The van der Waals surface area contributed by atoms with Crippen molar-refractivity contribution in [2.45, 2.75) is 66.6 Å². The van der Waals surface area contributed by atoms with Gasteiger partial charge in [-0.3, -0.25) is 4.68 Å². The van der Waals surface area contributed by atoms with Gasteiger partial charge < -0.3 is 27.0 Å². The number of aromatic nitrogens is 4. The van der Waals surface area contributed by atoms with Gasteiger partial charge in [0.25, 0.3) is 0 Å². The van der Waals surface area contributed by atoms with Crippen LogP contribution < -0.4 is 22.1 Å². The number of hydrogen-bond acceptors (Lipinski definition) is 9. The lowest BCUT2D eigenvalue weighted by atomic mass is 9.78. The number of dihydropyridines is 1. The van der Waals surface area contributed by atoms with Crippen molar-refractivity contribution in [3.8, 4) is 0 Å². The van der Waals surface area contributed by atoms with Crippen molar-refractivity contribution in [1.82, 2.24) is 30.0 Å². The molecule has 226 valence electrons. The standard InChI is InChI=1S/C33H43N9S/c1-19(2)29-24(25-17-37-42(21(25)4)18-33(5)12-11-22-15-23(22)16-33)9-10-28(39-29)41(6)27(34)14-20(3)30(35)40-32-38-26-8-7-13-36-31(26)43-32/h7-11,13-14,17,19,23,28,39H,12,15-16,18,34-35H2,1-6H3,(H,38,40)/b27-14+,30-20+. The highest BCUT2D eigenvalue weighted by molar-refractivity contribution is 7.21. The molecule has 6 N–H and O–H groups in total. The molecule has 1 saturated carbocycles. The van der Waals surface area contributed by atoms with Gasteiger partial charge in [-0.1, -0.05) is 49.8 Å². The fourth-order valence-corrected chi connectivity index (χ4v) is 7.02. The van der Waals surface area contributed by atoms with Crippen molar-refractivity contribution in [2.75, 3.05) is 12.4 Å². The Balaban J connectivity index is 1.16. The Bertz CT molecular complexity index is 1670. The Morgan fingerprint density at radius 1 is 1.35 bits per heavy atom. The maximum atomic E-state index is 6.59. The second-order valence-corrected chi connectivity index (χ2v) is 13.9. The fraction of sp³-hybridized carbons (Fsp3) is 0.424. The summed E-state index contributed by atoms with van der Waals surface area (Å²) in [5.74, 6) is 2.20. The number of likely N-dealkylation sites (N-methyl/N-ethyl adjacent to an activating group) is 1. The number of thiazole rings is 1. The smallest absolute Gasteiger partial charge is 0.190 e. The van der Waals surface area contributed by atoms with Crippen LogP contribution in [-0.4, -0.2) is 37.9 Å². The molecule has 0 radical (unpaired) electrons. The van der Waals surface area contributed by atoms with E-state index >= 15 is 0 Å². The minimum atomic E-state index is -0.106. The molecule has 43 heavy (non-hydrogen) atoms. The first-order valence-electron chi connectivity index (χ1n) is 15.1. The third-order valence-corrected chi connectivity index (χ3v) is 9.90. The topological polar surface area (TPSA) is 123 Å². The second kappa shape index (κ2) is 11.2. The highest BCUT2D eigenvalue weighted by atomic mass is 32.1. The van der Waals surface area contributed by atoms with Crippen LogP contribution in [0.25, 0.3) is 15.9 Å². The van der Waals surface area contributed by atoms with Crippen molar-refractivity contribution in [2.24, 2.45) is 28.7 Å². The van der Waals surface area contributed by atoms with E-state index in [0.717, 1.165) is 34.8 Å². The van der Waals surface area contributed by atoms with Crippen LogP contribution in [0.3, 0.4) is 0 Å². The van der Waals surface area contributed by atoms with Crippen molar-refractivity contribution >= 4 is 32.4 Å². The van der Waals surface area contributed by atoms with Gasteiger partial charge in [0.05, 0.1) is 6.20 Å². The van der Waals surface area contributed by atoms with E-state index in [1.165, 1.54) is 46.7 Å². The monoisotopic (exact) mass is 597 g/mol. The highest BCUT2D eigenvalue weighted by Crippen LogP contribution is 2.52. The van der Waals surface area contributed by atoms with Gasteiger partial charge in [-0.15, -0.1) is 0 Å². The third kappa shape index (κ3) is 5.93. The molecular formula is C33H43N9S. The molecular weight excluding hydrogens is 554 g/mol. The summed E-state index contributed by atoms with van der Waals surface area (Å²) in [6.45, 7) is 11.9. The molecule has 9 nitrogen and oxygen atoms in total. The normalized spacial score (nSPS) is 24.1. The zero-order valence-corrected chi connectivity index (χ0v) is 26.8. The summed E-state index contributed by atoms with van der Waals surface area (Å²) in [4.78, 5) is 11.8. The highest BCUT2D eigenvalue weighted by Gasteiger charge is 2.41. The molecule has 3 atom stereocenters. The van der Waals surface area contributed by atoms with Gasteiger partial charge in [0.15, 0.2) is 5.13 Å². The van der Waals surface area contributed by atoms with Crippen LogP contribution in [0.4, 0.5) is 5.13 Å². The van der Waals surface area contributed by atoms with Crippen LogP contribution >= 0.6 is 11.3 Å². The molecule has 4 heterocycles. The SMILES string of the molecule is CC(/C=C(\N)N(C)C1C=CC(c2cnn(CC3(C)CC=C4CC4C3)c2C)=C(C(C)C)N1)=C(/N)Nc1nc2cccnc2s1. The van der Waals surface area contributed by atoms with Crippen molar-refractivity contribution in [1.29, 1.82) is 0 Å². The molecule has 0 amide bonds. The zero-order valence-electron chi connectivity index (χ0n) is 26.0. The molecule has 0 aromatic carbocycles. The molecule has 3 aromatic heterocycles. The van der Waals surface area contributed by atoms with Crippen LogP contribution in [0.15, 0.2) is 77.3 Å².